The fourth-order valence-corrected chi connectivity index (χ4v) is 29.0. The molecule has 4 heterocycles. The van der Waals surface area contributed by atoms with Crippen LogP contribution in [0.3, 0.4) is 0 Å². The summed E-state index contributed by atoms with van der Waals surface area (Å²) in [5.41, 5.74) is 1.47. The van der Waals surface area contributed by atoms with E-state index < -0.39 is 0 Å². The Hall–Kier alpha value is 2.44. The Morgan fingerprint density at radius 3 is 1.80 bits per heavy atom. The Morgan fingerprint density at radius 2 is 1.30 bits per heavy atom. The van der Waals surface area contributed by atoms with Gasteiger partial charge in [-0.05, 0) is 0 Å². The van der Waals surface area contributed by atoms with Crippen molar-refractivity contribution in [3.05, 3.63) is 32.6 Å². The van der Waals surface area contributed by atoms with Crippen LogP contribution in [0.25, 0.3) is 0 Å². The van der Waals surface area contributed by atoms with Crippen molar-refractivity contribution in [1.29, 1.82) is 0 Å². The molecule has 0 amide bonds. The summed E-state index contributed by atoms with van der Waals surface area (Å²) in [6.07, 6.45) is 0. The Kier molecular flexibility index (Phi) is 5.37. The summed E-state index contributed by atoms with van der Waals surface area (Å²) >= 11 is 11.5. The van der Waals surface area contributed by atoms with E-state index in [4.69, 9.17) is 0 Å². The van der Waals surface area contributed by atoms with Crippen LogP contribution in [-0.2, 0) is 0 Å². The van der Waals surface area contributed by atoms with Crippen LogP contribution >= 0.6 is 47.0 Å². The molecule has 8 heteroatoms. The molecule has 106 valence electrons. The average molecular weight is 598 g/mol. The topological polar surface area (TPSA) is 0 Å². The van der Waals surface area contributed by atoms with Crippen molar-refractivity contribution in [3.8, 4) is 0 Å². The molecular formula is C12H10S4Se4. The van der Waals surface area contributed by atoms with E-state index in [0.29, 0.717) is 0 Å². The van der Waals surface area contributed by atoms with Crippen LogP contribution in [0.4, 0.5) is 0 Å². The minimum atomic E-state index is 0.751. The van der Waals surface area contributed by atoms with Crippen LogP contribution in [0.1, 0.15) is 13.8 Å². The van der Waals surface area contributed by atoms with Gasteiger partial charge in [-0.25, -0.2) is 0 Å². The van der Waals surface area contributed by atoms with E-state index in [0.717, 1.165) is 59.8 Å². The summed E-state index contributed by atoms with van der Waals surface area (Å²) < 4.78 is 12.2. The van der Waals surface area contributed by atoms with Gasteiger partial charge in [-0.1, -0.05) is 0 Å². The van der Waals surface area contributed by atoms with Gasteiger partial charge in [0, 0.05) is 0 Å². The molecule has 0 aromatic heterocycles. The van der Waals surface area contributed by atoms with Crippen LogP contribution in [0.2, 0.25) is 10.6 Å². The Bertz CT molecular complexity index is 571. The quantitative estimate of drug-likeness (QED) is 0.383. The van der Waals surface area contributed by atoms with Gasteiger partial charge in [0.25, 0.3) is 0 Å². The number of hydrogen-bond donors (Lipinski definition) is 0. The van der Waals surface area contributed by atoms with Crippen LogP contribution in [0.5, 0.6) is 0 Å². The van der Waals surface area contributed by atoms with Crippen LogP contribution in [0.15, 0.2) is 32.6 Å². The Labute approximate surface area is 162 Å². The standard InChI is InChI=1S/C12H10S4Se4/c1-5(2)6-13-7-8(14-6)16-9(15-7)10-19-11-12(20-10)18-4-3-17-11/h3-4H2,1-2H3. The molecule has 20 heavy (non-hydrogen) atoms. The van der Waals surface area contributed by atoms with Crippen molar-refractivity contribution >= 4 is 107 Å². The van der Waals surface area contributed by atoms with E-state index in [1.54, 1.807) is 12.7 Å². The van der Waals surface area contributed by atoms with Gasteiger partial charge in [0.2, 0.25) is 0 Å². The SMILES string of the molecule is CC(C)=C1SC2=C(S1)SC(=C1[Se]C3=C([Se]CC[Se]3)[Se]1)S2. The van der Waals surface area contributed by atoms with Gasteiger partial charge in [-0.15, -0.1) is 0 Å². The summed E-state index contributed by atoms with van der Waals surface area (Å²) in [5.74, 6) is 0. The Morgan fingerprint density at radius 1 is 0.750 bits per heavy atom. The normalized spacial score (nSPS) is 25.8. The van der Waals surface area contributed by atoms with Crippen molar-refractivity contribution in [2.45, 2.75) is 24.5 Å². The molecule has 0 fully saturated rings. The summed E-state index contributed by atoms with van der Waals surface area (Å²) in [4.78, 5) is 0. The van der Waals surface area contributed by atoms with Gasteiger partial charge in [0.05, 0.1) is 0 Å². The van der Waals surface area contributed by atoms with Gasteiger partial charge in [0.1, 0.15) is 0 Å². The molecule has 0 saturated carbocycles. The maximum atomic E-state index is 2.23. The van der Waals surface area contributed by atoms with Crippen LogP contribution in [-0.4, -0.2) is 59.8 Å². The first-order chi connectivity index (χ1) is 9.70. The van der Waals surface area contributed by atoms with Crippen LogP contribution in [0, 0.1) is 0 Å². The third-order valence-electron chi connectivity index (χ3n) is 2.57. The molecule has 0 aliphatic carbocycles. The summed E-state index contributed by atoms with van der Waals surface area (Å²) in [7, 11) is 0. The van der Waals surface area contributed by atoms with E-state index in [1.807, 2.05) is 33.6 Å². The molecule has 4 aliphatic rings. The van der Waals surface area contributed by atoms with Crippen molar-refractivity contribution in [2.24, 2.45) is 0 Å². The predicted octanol–water partition coefficient (Wildman–Crippen LogP) is 4.26. The summed E-state index contributed by atoms with van der Waals surface area (Å²) in [6, 6.07) is 0. The second kappa shape index (κ2) is 6.74. The van der Waals surface area contributed by atoms with Gasteiger partial charge in [-0.3, -0.25) is 0 Å². The molecule has 0 radical (unpaired) electrons. The van der Waals surface area contributed by atoms with Crippen molar-refractivity contribution in [1.82, 2.24) is 0 Å². The average Bonchev–Trinajstić information content (AvgIpc) is 3.09. The molecule has 0 N–H and O–H groups in total. The van der Waals surface area contributed by atoms with Gasteiger partial charge in [0.15, 0.2) is 0 Å². The monoisotopic (exact) mass is 602 g/mol. The van der Waals surface area contributed by atoms with E-state index in [1.165, 1.54) is 20.4 Å². The zero-order valence-electron chi connectivity index (χ0n) is 10.7. The molecular weight excluding hydrogens is 588 g/mol. The molecule has 0 saturated heterocycles. The molecule has 0 nitrogen and oxygen atoms in total. The number of allylic oxidation sites excluding steroid dienone is 1. The van der Waals surface area contributed by atoms with Crippen molar-refractivity contribution in [3.63, 3.8) is 0 Å². The van der Waals surface area contributed by atoms with Gasteiger partial charge >= 0.3 is 164 Å². The van der Waals surface area contributed by atoms with E-state index in [-0.39, 0.29) is 0 Å². The molecule has 0 bridgehead atoms. The third kappa shape index (κ3) is 3.16. The number of rotatable bonds is 0. The summed E-state index contributed by atoms with van der Waals surface area (Å²) in [6.45, 7) is 4.47. The number of hydrogen-bond acceptors (Lipinski definition) is 4. The molecule has 0 aromatic rings. The van der Waals surface area contributed by atoms with E-state index in [9.17, 15) is 0 Å². The maximum absolute atomic E-state index is 2.23. The molecule has 0 unspecified atom stereocenters. The van der Waals surface area contributed by atoms with Gasteiger partial charge < -0.3 is 0 Å². The number of thioether (sulfide) groups is 4. The van der Waals surface area contributed by atoms with Crippen LogP contribution < -0.4 is 0 Å². The fraction of sp³-hybridized carbons (Fsp3) is 0.333. The summed E-state index contributed by atoms with van der Waals surface area (Å²) in [5, 5.41) is 3.08. The molecule has 0 atom stereocenters. The first kappa shape index (κ1) is 15.9. The van der Waals surface area contributed by atoms with Crippen molar-refractivity contribution < 1.29 is 0 Å². The molecule has 4 rings (SSSR count). The molecule has 0 spiro atoms. The Balaban J connectivity index is 1.50. The fourth-order valence-electron chi connectivity index (χ4n) is 1.68. The predicted molar refractivity (Wildman–Crippen MR) is 102 cm³/mol. The minimum absolute atomic E-state index is 0.751. The molecule has 4 aliphatic heterocycles. The zero-order chi connectivity index (χ0) is 13.7. The first-order valence-electron chi connectivity index (χ1n) is 5.94. The van der Waals surface area contributed by atoms with Crippen molar-refractivity contribution in [2.75, 3.05) is 0 Å². The second-order valence-electron chi connectivity index (χ2n) is 4.32. The second-order valence-corrected chi connectivity index (χ2v) is 22.3. The van der Waals surface area contributed by atoms with Gasteiger partial charge in [-0.2, -0.15) is 0 Å². The first-order valence-corrected chi connectivity index (χ1v) is 16.8. The third-order valence-corrected chi connectivity index (χ3v) is 26.9. The molecule has 0 aromatic carbocycles. The van der Waals surface area contributed by atoms with E-state index in [2.05, 4.69) is 37.4 Å². The zero-order valence-corrected chi connectivity index (χ0v) is 20.8. The van der Waals surface area contributed by atoms with E-state index >= 15 is 0 Å².